The molecule has 0 saturated carbocycles. The predicted molar refractivity (Wildman–Crippen MR) is 71.1 cm³/mol. The van der Waals surface area contributed by atoms with Crippen LogP contribution in [0.5, 0.6) is 0 Å². The van der Waals surface area contributed by atoms with Crippen LogP contribution in [0.3, 0.4) is 0 Å². The lowest BCUT2D eigenvalue weighted by Gasteiger charge is -2.05. The maximum Gasteiger partial charge on any atom is 0.0537 e. The van der Waals surface area contributed by atoms with Gasteiger partial charge in [0.1, 0.15) is 0 Å². The Bertz CT molecular complexity index is 473. The molecular formula is C12H19ClN4. The van der Waals surface area contributed by atoms with E-state index in [4.69, 9.17) is 0 Å². The van der Waals surface area contributed by atoms with E-state index in [0.717, 1.165) is 13.1 Å². The molecule has 2 heterocycles. The molecule has 94 valence electrons. The third kappa shape index (κ3) is 3.11. The third-order valence-corrected chi connectivity index (χ3v) is 3.01. The molecule has 5 heteroatoms. The Balaban J connectivity index is 0.00000144. The molecule has 2 aromatic rings. The van der Waals surface area contributed by atoms with E-state index in [0.29, 0.717) is 0 Å². The van der Waals surface area contributed by atoms with Crippen LogP contribution in [0.4, 0.5) is 0 Å². The van der Waals surface area contributed by atoms with Gasteiger partial charge < -0.3 is 9.88 Å². The number of rotatable bonds is 4. The number of hydrogen-bond donors (Lipinski definition) is 1. The van der Waals surface area contributed by atoms with Crippen molar-refractivity contribution < 1.29 is 0 Å². The second kappa shape index (κ2) is 5.89. The summed E-state index contributed by atoms with van der Waals surface area (Å²) < 4.78 is 4.03. The van der Waals surface area contributed by atoms with E-state index in [1.807, 2.05) is 17.9 Å². The van der Waals surface area contributed by atoms with Gasteiger partial charge in [0, 0.05) is 50.3 Å². The molecule has 0 spiro atoms. The van der Waals surface area contributed by atoms with Crippen LogP contribution >= 0.6 is 12.4 Å². The van der Waals surface area contributed by atoms with Crippen molar-refractivity contribution >= 4 is 12.4 Å². The molecule has 0 bridgehead atoms. The minimum Gasteiger partial charge on any atom is -0.353 e. The molecule has 0 aliphatic carbocycles. The van der Waals surface area contributed by atoms with Crippen LogP contribution in [-0.2, 0) is 27.2 Å². The maximum absolute atomic E-state index is 4.22. The molecule has 0 radical (unpaired) electrons. The average molecular weight is 255 g/mol. The van der Waals surface area contributed by atoms with Crippen LogP contribution in [0.15, 0.2) is 24.5 Å². The summed E-state index contributed by atoms with van der Waals surface area (Å²) >= 11 is 0. The van der Waals surface area contributed by atoms with E-state index in [-0.39, 0.29) is 12.4 Å². The van der Waals surface area contributed by atoms with E-state index in [1.165, 1.54) is 17.0 Å². The normalized spacial score (nSPS) is 10.3. The Labute approximate surface area is 108 Å². The SMILES string of the molecule is Cc1c(CNCc2cccn2C)cnn1C.Cl. The Kier molecular flexibility index (Phi) is 4.78. The zero-order valence-corrected chi connectivity index (χ0v) is 11.3. The number of aryl methyl sites for hydroxylation is 2. The number of nitrogens with one attached hydrogen (secondary N) is 1. The zero-order valence-electron chi connectivity index (χ0n) is 10.5. The molecule has 0 aromatic carbocycles. The number of hydrogen-bond acceptors (Lipinski definition) is 2. The Morgan fingerprint density at radius 3 is 2.59 bits per heavy atom. The number of halogens is 1. The number of nitrogens with zero attached hydrogens (tertiary/aromatic N) is 3. The highest BCUT2D eigenvalue weighted by atomic mass is 35.5. The lowest BCUT2D eigenvalue weighted by Crippen LogP contribution is -2.15. The van der Waals surface area contributed by atoms with E-state index < -0.39 is 0 Å². The summed E-state index contributed by atoms with van der Waals surface area (Å²) in [5.74, 6) is 0. The molecule has 0 atom stereocenters. The van der Waals surface area contributed by atoms with Gasteiger partial charge >= 0.3 is 0 Å². The smallest absolute Gasteiger partial charge is 0.0537 e. The highest BCUT2D eigenvalue weighted by Crippen LogP contribution is 2.05. The molecule has 0 saturated heterocycles. The molecule has 17 heavy (non-hydrogen) atoms. The lowest BCUT2D eigenvalue weighted by molar-refractivity contribution is 0.651. The number of aromatic nitrogens is 3. The van der Waals surface area contributed by atoms with Crippen LogP contribution in [0.1, 0.15) is 17.0 Å². The van der Waals surface area contributed by atoms with Crippen molar-refractivity contribution in [3.8, 4) is 0 Å². The van der Waals surface area contributed by atoms with Crippen molar-refractivity contribution in [2.24, 2.45) is 14.1 Å². The van der Waals surface area contributed by atoms with Gasteiger partial charge in [-0.2, -0.15) is 5.10 Å². The van der Waals surface area contributed by atoms with Crippen molar-refractivity contribution in [2.75, 3.05) is 0 Å². The zero-order chi connectivity index (χ0) is 11.5. The van der Waals surface area contributed by atoms with Crippen LogP contribution in [0, 0.1) is 6.92 Å². The van der Waals surface area contributed by atoms with E-state index >= 15 is 0 Å². The quantitative estimate of drug-likeness (QED) is 0.903. The van der Waals surface area contributed by atoms with Crippen LogP contribution in [-0.4, -0.2) is 14.3 Å². The molecule has 2 rings (SSSR count). The lowest BCUT2D eigenvalue weighted by atomic mass is 10.2. The Hall–Kier alpha value is -1.26. The van der Waals surface area contributed by atoms with E-state index in [1.54, 1.807) is 0 Å². The largest absolute Gasteiger partial charge is 0.353 e. The van der Waals surface area contributed by atoms with Gasteiger partial charge in [0.15, 0.2) is 0 Å². The fourth-order valence-corrected chi connectivity index (χ4v) is 1.72. The van der Waals surface area contributed by atoms with Gasteiger partial charge in [-0.1, -0.05) is 0 Å². The van der Waals surface area contributed by atoms with Gasteiger partial charge in [-0.3, -0.25) is 4.68 Å². The fourth-order valence-electron chi connectivity index (χ4n) is 1.72. The summed E-state index contributed by atoms with van der Waals surface area (Å²) in [5.41, 5.74) is 3.78. The molecule has 0 aliphatic rings. The predicted octanol–water partition coefficient (Wildman–Crippen LogP) is 1.78. The fraction of sp³-hybridized carbons (Fsp3) is 0.417. The van der Waals surface area contributed by atoms with Crippen molar-refractivity contribution in [3.63, 3.8) is 0 Å². The summed E-state index contributed by atoms with van der Waals surface area (Å²) in [4.78, 5) is 0. The molecule has 0 unspecified atom stereocenters. The summed E-state index contributed by atoms with van der Waals surface area (Å²) in [6.45, 7) is 3.84. The molecule has 2 aromatic heterocycles. The third-order valence-electron chi connectivity index (χ3n) is 3.01. The molecule has 4 nitrogen and oxygen atoms in total. The topological polar surface area (TPSA) is 34.8 Å². The monoisotopic (exact) mass is 254 g/mol. The first-order chi connectivity index (χ1) is 7.68. The van der Waals surface area contributed by atoms with Crippen LogP contribution in [0.25, 0.3) is 0 Å². The van der Waals surface area contributed by atoms with E-state index in [2.05, 4.69) is 47.3 Å². The van der Waals surface area contributed by atoms with Gasteiger partial charge in [-0.15, -0.1) is 12.4 Å². The Morgan fingerprint density at radius 2 is 2.06 bits per heavy atom. The Morgan fingerprint density at radius 1 is 1.29 bits per heavy atom. The highest BCUT2D eigenvalue weighted by molar-refractivity contribution is 5.85. The minimum atomic E-state index is 0. The first-order valence-corrected chi connectivity index (χ1v) is 5.47. The molecular weight excluding hydrogens is 236 g/mol. The van der Waals surface area contributed by atoms with Gasteiger partial charge in [0.2, 0.25) is 0 Å². The summed E-state index contributed by atoms with van der Waals surface area (Å²) in [5, 5.41) is 7.65. The first kappa shape index (κ1) is 13.8. The van der Waals surface area contributed by atoms with E-state index in [9.17, 15) is 0 Å². The second-order valence-corrected chi connectivity index (χ2v) is 4.09. The molecule has 0 fully saturated rings. The highest BCUT2D eigenvalue weighted by Gasteiger charge is 2.03. The summed E-state index contributed by atoms with van der Waals surface area (Å²) in [7, 11) is 4.03. The molecule has 0 aliphatic heterocycles. The van der Waals surface area contributed by atoms with Crippen molar-refractivity contribution in [1.29, 1.82) is 0 Å². The van der Waals surface area contributed by atoms with Crippen molar-refractivity contribution in [3.05, 3.63) is 41.5 Å². The van der Waals surface area contributed by atoms with Crippen molar-refractivity contribution in [2.45, 2.75) is 20.0 Å². The second-order valence-electron chi connectivity index (χ2n) is 4.09. The minimum absolute atomic E-state index is 0. The van der Waals surface area contributed by atoms with Gasteiger partial charge in [0.25, 0.3) is 0 Å². The average Bonchev–Trinajstić information content (AvgIpc) is 2.80. The molecule has 0 amide bonds. The first-order valence-electron chi connectivity index (χ1n) is 5.47. The standard InChI is InChI=1S/C12H18N4.ClH/c1-10-11(8-14-16(10)3)7-13-9-12-5-4-6-15(12)2;/h4-6,8,13H,7,9H2,1-3H3;1H. The van der Waals surface area contributed by atoms with Crippen molar-refractivity contribution in [1.82, 2.24) is 19.7 Å². The summed E-state index contributed by atoms with van der Waals surface area (Å²) in [6, 6.07) is 4.19. The van der Waals surface area contributed by atoms with Crippen LogP contribution in [0.2, 0.25) is 0 Å². The maximum atomic E-state index is 4.22. The van der Waals surface area contributed by atoms with Gasteiger partial charge in [0.05, 0.1) is 6.20 Å². The van der Waals surface area contributed by atoms with Crippen LogP contribution < -0.4 is 5.32 Å². The molecule has 1 N–H and O–H groups in total. The van der Waals surface area contributed by atoms with Gasteiger partial charge in [-0.05, 0) is 19.1 Å². The summed E-state index contributed by atoms with van der Waals surface area (Å²) in [6.07, 6.45) is 3.99. The van der Waals surface area contributed by atoms with Gasteiger partial charge in [-0.25, -0.2) is 0 Å².